The Hall–Kier alpha value is -10.7. The summed E-state index contributed by atoms with van der Waals surface area (Å²) in [5.41, 5.74) is 26.3. The fourth-order valence-corrected chi connectivity index (χ4v) is 12.0. The first-order valence-corrected chi connectivity index (χ1v) is 28.6. The number of aromatic nitrogens is 4. The summed E-state index contributed by atoms with van der Waals surface area (Å²) in [7, 11) is 0. The van der Waals surface area contributed by atoms with E-state index in [4.69, 9.17) is 4.98 Å². The van der Waals surface area contributed by atoms with Gasteiger partial charge in [-0.15, -0.1) is 83.4 Å². The molecule has 0 bridgehead atoms. The quantitative estimate of drug-likeness (QED) is 0.115. The van der Waals surface area contributed by atoms with Crippen molar-refractivity contribution >= 4 is 21.8 Å². The first-order chi connectivity index (χ1) is 42.1. The summed E-state index contributed by atoms with van der Waals surface area (Å²) in [6.45, 7) is 0. The molecule has 4 heterocycles. The van der Waals surface area contributed by atoms with Crippen LogP contribution in [0.25, 0.3) is 150 Å². The molecule has 86 heavy (non-hydrogen) atoms. The average molecular weight is 1270 g/mol. The Morgan fingerprint density at radius 2 is 0.709 bits per heavy atom. The van der Waals surface area contributed by atoms with Crippen LogP contribution in [0.5, 0.6) is 0 Å². The van der Waals surface area contributed by atoms with Crippen molar-refractivity contribution in [1.29, 1.82) is 0 Å². The van der Waals surface area contributed by atoms with Crippen molar-refractivity contribution in [2.45, 2.75) is 0 Å². The van der Waals surface area contributed by atoms with Gasteiger partial charge in [-0.2, -0.15) is 0 Å². The second-order valence-corrected chi connectivity index (χ2v) is 21.2. The van der Waals surface area contributed by atoms with Crippen molar-refractivity contribution in [3.8, 4) is 128 Å². The van der Waals surface area contributed by atoms with Gasteiger partial charge in [0.2, 0.25) is 0 Å². The minimum Gasteiger partial charge on any atom is -0.310 e. The zero-order chi connectivity index (χ0) is 56.5. The smallest absolute Gasteiger partial charge is 0.310 e. The average Bonchev–Trinajstić information content (AvgIpc) is 1.66. The Bertz CT molecular complexity index is 4740. The number of fused-ring (bicyclic) bond motifs is 3. The monoisotopic (exact) mass is 1270 g/mol. The molecule has 0 aliphatic carbocycles. The van der Waals surface area contributed by atoms with Gasteiger partial charge in [0, 0.05) is 40.6 Å². The maximum absolute atomic E-state index is 5.21. The fraction of sp³-hybridized carbons (Fsp3) is 0. The molecule has 5 heteroatoms. The van der Waals surface area contributed by atoms with Crippen LogP contribution in [0.1, 0.15) is 0 Å². The SMILES string of the molecule is [Ir+3].[c-]1cc(-c2ccccc2-c2cc(-c3ccccc3-c3c[c-]c(-c4ccccn4)cc3)cc(-c3ccccc3-c3c[c-]c(-c4cc5c(cn4)c4ccccc4n5-c4ccccc4)cc3-c3ccc(-c4ccccc4)cc3)c2)ccc1-c1ccccn1. The van der Waals surface area contributed by atoms with E-state index in [1.165, 1.54) is 5.56 Å². The number of hydrogen-bond donors (Lipinski definition) is 0. The van der Waals surface area contributed by atoms with Crippen molar-refractivity contribution < 1.29 is 20.1 Å². The molecule has 11 aromatic carbocycles. The van der Waals surface area contributed by atoms with E-state index in [9.17, 15) is 0 Å². The molecule has 15 rings (SSSR count). The van der Waals surface area contributed by atoms with Crippen LogP contribution in [0.3, 0.4) is 0 Å². The number of rotatable bonds is 12. The van der Waals surface area contributed by atoms with E-state index in [1.54, 1.807) is 0 Å². The third kappa shape index (κ3) is 10.3. The van der Waals surface area contributed by atoms with Crippen LogP contribution >= 0.6 is 0 Å². The van der Waals surface area contributed by atoms with E-state index in [0.29, 0.717) is 0 Å². The number of hydrogen-bond acceptors (Lipinski definition) is 3. The molecule has 4 nitrogen and oxygen atoms in total. The summed E-state index contributed by atoms with van der Waals surface area (Å²) in [5.74, 6) is 0. The molecule has 0 atom stereocenters. The minimum absolute atomic E-state index is 0. The van der Waals surface area contributed by atoms with Crippen LogP contribution in [0.15, 0.2) is 310 Å². The Labute approximate surface area is 514 Å². The van der Waals surface area contributed by atoms with Gasteiger partial charge in [0.1, 0.15) is 0 Å². The van der Waals surface area contributed by atoms with Crippen molar-refractivity contribution in [3.63, 3.8) is 0 Å². The molecule has 0 aliphatic rings. The number of nitrogens with zero attached hydrogens (tertiary/aromatic N) is 4. The molecular formula is C81H51IrN4. The van der Waals surface area contributed by atoms with Crippen LogP contribution < -0.4 is 0 Å². The van der Waals surface area contributed by atoms with Gasteiger partial charge in [-0.3, -0.25) is 0 Å². The molecule has 0 saturated carbocycles. The number of benzene rings is 11. The molecule has 15 aromatic rings. The number of para-hydroxylation sites is 2. The summed E-state index contributed by atoms with van der Waals surface area (Å²) in [5, 5.41) is 2.27. The normalized spacial score (nSPS) is 11.2. The summed E-state index contributed by atoms with van der Waals surface area (Å²) >= 11 is 0. The van der Waals surface area contributed by atoms with Gasteiger partial charge in [0.05, 0.1) is 5.52 Å². The summed E-state index contributed by atoms with van der Waals surface area (Å²) in [6.07, 6.45) is 5.68. The predicted octanol–water partition coefficient (Wildman–Crippen LogP) is 20.7. The molecule has 0 unspecified atom stereocenters. The topological polar surface area (TPSA) is 43.6 Å². The van der Waals surface area contributed by atoms with Gasteiger partial charge in [0.25, 0.3) is 0 Å². The zero-order valence-electron chi connectivity index (χ0n) is 46.6. The Morgan fingerprint density at radius 3 is 1.26 bits per heavy atom. The van der Waals surface area contributed by atoms with Gasteiger partial charge >= 0.3 is 20.1 Å². The first-order valence-electron chi connectivity index (χ1n) is 28.6. The van der Waals surface area contributed by atoms with E-state index < -0.39 is 0 Å². The van der Waals surface area contributed by atoms with Gasteiger partial charge in [0.15, 0.2) is 0 Å². The van der Waals surface area contributed by atoms with Crippen LogP contribution in [0.2, 0.25) is 0 Å². The second-order valence-electron chi connectivity index (χ2n) is 21.2. The Kier molecular flexibility index (Phi) is 14.6. The van der Waals surface area contributed by atoms with Crippen LogP contribution in [-0.4, -0.2) is 19.5 Å². The van der Waals surface area contributed by atoms with Crippen LogP contribution in [0, 0.1) is 18.2 Å². The van der Waals surface area contributed by atoms with Crippen LogP contribution in [-0.2, 0) is 20.1 Å². The van der Waals surface area contributed by atoms with Gasteiger partial charge in [-0.25, -0.2) is 0 Å². The molecule has 0 amide bonds. The Balaban J connectivity index is 0.00000653. The number of pyridine rings is 3. The standard InChI is InChI=1S/C81H51N4.Ir/c1-3-19-55(20-4-1)56-33-35-59(36-34-56)75-52-62(79-53-81-76(54-84-79)74-29-13-14-32-80(74)85(81)66-21-5-2-6-22-66)45-46-73(75)72-28-12-11-27-71(72)65-50-63(69-25-9-7-23-67(69)57-37-41-60(42-38-57)77-30-15-17-47-82-77)49-64(51-65)70-26-10-8-24-68(70)58-39-43-61(44-40-58)78-31-16-18-48-83-78;/h1-41,43,46-54H;/q-3;+3. The first kappa shape index (κ1) is 53.3. The van der Waals surface area contributed by atoms with E-state index in [0.717, 1.165) is 145 Å². The second kappa shape index (κ2) is 23.5. The summed E-state index contributed by atoms with van der Waals surface area (Å²) < 4.78 is 2.35. The molecule has 0 fully saturated rings. The molecule has 0 spiro atoms. The van der Waals surface area contributed by atoms with Crippen molar-refractivity contribution in [3.05, 3.63) is 328 Å². The van der Waals surface area contributed by atoms with E-state index in [-0.39, 0.29) is 20.1 Å². The van der Waals surface area contributed by atoms with Gasteiger partial charge in [-0.1, -0.05) is 233 Å². The third-order valence-corrected chi connectivity index (χ3v) is 16.2. The van der Waals surface area contributed by atoms with E-state index in [1.807, 2.05) is 55.0 Å². The predicted molar refractivity (Wildman–Crippen MR) is 350 cm³/mol. The maximum Gasteiger partial charge on any atom is 3.00 e. The molecule has 0 saturated heterocycles. The summed E-state index contributed by atoms with van der Waals surface area (Å²) in [6, 6.07) is 114. The van der Waals surface area contributed by atoms with E-state index in [2.05, 4.69) is 288 Å². The van der Waals surface area contributed by atoms with Crippen LogP contribution in [0.4, 0.5) is 0 Å². The minimum atomic E-state index is 0. The van der Waals surface area contributed by atoms with Gasteiger partial charge in [-0.05, 0) is 116 Å². The molecule has 0 aliphatic heterocycles. The Morgan fingerprint density at radius 1 is 0.256 bits per heavy atom. The maximum atomic E-state index is 5.21. The zero-order valence-corrected chi connectivity index (χ0v) is 49.0. The molecular weight excluding hydrogens is 1220 g/mol. The molecule has 0 N–H and O–H groups in total. The molecule has 0 radical (unpaired) electrons. The fourth-order valence-electron chi connectivity index (χ4n) is 12.0. The third-order valence-electron chi connectivity index (χ3n) is 16.2. The molecule has 4 aromatic heterocycles. The molecule has 404 valence electrons. The largest absolute Gasteiger partial charge is 3.00 e. The van der Waals surface area contributed by atoms with Crippen molar-refractivity contribution in [2.75, 3.05) is 0 Å². The van der Waals surface area contributed by atoms with Crippen molar-refractivity contribution in [2.24, 2.45) is 0 Å². The van der Waals surface area contributed by atoms with Crippen molar-refractivity contribution in [1.82, 2.24) is 19.5 Å². The van der Waals surface area contributed by atoms with E-state index >= 15 is 0 Å². The summed E-state index contributed by atoms with van der Waals surface area (Å²) in [4.78, 5) is 14.4. The van der Waals surface area contributed by atoms with Gasteiger partial charge < -0.3 is 19.5 Å².